The summed E-state index contributed by atoms with van der Waals surface area (Å²) in [5, 5.41) is 2.50. The van der Waals surface area contributed by atoms with Crippen LogP contribution < -0.4 is 15.8 Å². The van der Waals surface area contributed by atoms with E-state index in [0.717, 1.165) is 17.7 Å². The molecule has 0 aliphatic carbocycles. The topological polar surface area (TPSA) is 64.3 Å². The van der Waals surface area contributed by atoms with E-state index in [0.29, 0.717) is 13.0 Å². The van der Waals surface area contributed by atoms with Gasteiger partial charge in [0.2, 0.25) is 5.91 Å². The molecule has 0 unspecified atom stereocenters. The van der Waals surface area contributed by atoms with E-state index in [4.69, 9.17) is 10.5 Å². The summed E-state index contributed by atoms with van der Waals surface area (Å²) in [6.07, 6.45) is 1.48. The van der Waals surface area contributed by atoms with Crippen molar-refractivity contribution in [1.82, 2.24) is 5.32 Å². The molecule has 0 spiro atoms. The molecule has 0 aromatic heterocycles. The van der Waals surface area contributed by atoms with Gasteiger partial charge in [-0.05, 0) is 56.1 Å². The molecule has 21 heavy (non-hydrogen) atoms. The first kappa shape index (κ1) is 17.4. The molecular weight excluding hydrogens is 284 g/mol. The number of nitrogens with two attached hydrogens (primary N) is 1. The Bertz CT molecular complexity index is 527. The number of aryl methyl sites for hydroxylation is 2. The molecule has 0 heterocycles. The van der Waals surface area contributed by atoms with Gasteiger partial charge in [-0.25, -0.2) is 0 Å². The van der Waals surface area contributed by atoms with Crippen LogP contribution in [0.25, 0.3) is 0 Å². The van der Waals surface area contributed by atoms with Crippen molar-refractivity contribution < 1.29 is 9.53 Å². The highest BCUT2D eigenvalue weighted by Gasteiger charge is 2.27. The summed E-state index contributed by atoms with van der Waals surface area (Å²) in [4.78, 5) is 11.9. The summed E-state index contributed by atoms with van der Waals surface area (Å²) in [6.45, 7) is 8.38. The Morgan fingerprint density at radius 1 is 1.38 bits per heavy atom. The van der Waals surface area contributed by atoms with Crippen molar-refractivity contribution in [2.24, 2.45) is 11.1 Å². The first-order valence-electron chi connectivity index (χ1n) is 7.03. The highest BCUT2D eigenvalue weighted by atomic mass is 32.1. The Kier molecular flexibility index (Phi) is 6.15. The number of hydrogen-bond donors (Lipinski definition) is 2. The Morgan fingerprint density at radius 2 is 2.05 bits per heavy atom. The van der Waals surface area contributed by atoms with Gasteiger partial charge in [-0.15, -0.1) is 0 Å². The van der Waals surface area contributed by atoms with E-state index in [-0.39, 0.29) is 11.0 Å². The van der Waals surface area contributed by atoms with Gasteiger partial charge in [0.1, 0.15) is 5.75 Å². The lowest BCUT2D eigenvalue weighted by atomic mass is 9.87. The number of rotatable bonds is 6. The van der Waals surface area contributed by atoms with Crippen LogP contribution in [0.2, 0.25) is 0 Å². The van der Waals surface area contributed by atoms with Crippen molar-refractivity contribution in [3.8, 4) is 5.75 Å². The van der Waals surface area contributed by atoms with Gasteiger partial charge in [0, 0.05) is 5.41 Å². The number of ether oxygens (including phenoxy) is 1. The number of hydrogen-bond acceptors (Lipinski definition) is 3. The van der Waals surface area contributed by atoms with Crippen molar-refractivity contribution in [3.63, 3.8) is 0 Å². The smallest absolute Gasteiger partial charge is 0.231 e. The second-order valence-electron chi connectivity index (χ2n) is 5.92. The van der Waals surface area contributed by atoms with Crippen molar-refractivity contribution in [1.29, 1.82) is 0 Å². The zero-order valence-electron chi connectivity index (χ0n) is 13.2. The Hall–Kier alpha value is -1.62. The molecule has 1 rings (SSSR count). The second-order valence-corrected chi connectivity index (χ2v) is 6.36. The van der Waals surface area contributed by atoms with Crippen molar-refractivity contribution in [2.45, 2.75) is 40.5 Å². The van der Waals surface area contributed by atoms with Crippen LogP contribution in [0.15, 0.2) is 18.2 Å². The lowest BCUT2D eigenvalue weighted by Gasteiger charge is -2.23. The minimum absolute atomic E-state index is 0.0136. The third-order valence-electron chi connectivity index (χ3n) is 3.40. The zero-order chi connectivity index (χ0) is 16.0. The first-order chi connectivity index (χ1) is 9.72. The molecule has 4 nitrogen and oxygen atoms in total. The minimum atomic E-state index is -0.519. The molecule has 0 fully saturated rings. The van der Waals surface area contributed by atoms with Crippen LogP contribution in [0.4, 0.5) is 0 Å². The largest absolute Gasteiger partial charge is 0.493 e. The van der Waals surface area contributed by atoms with E-state index < -0.39 is 5.41 Å². The Balaban J connectivity index is 2.44. The fraction of sp³-hybridized carbons (Fsp3) is 0.500. The lowest BCUT2D eigenvalue weighted by molar-refractivity contribution is -0.128. The third kappa shape index (κ3) is 5.71. The maximum Gasteiger partial charge on any atom is 0.231 e. The van der Waals surface area contributed by atoms with Gasteiger partial charge in [-0.1, -0.05) is 26.0 Å². The summed E-state index contributed by atoms with van der Waals surface area (Å²) in [7, 11) is 0. The van der Waals surface area contributed by atoms with Crippen LogP contribution in [0, 0.1) is 19.3 Å². The number of carbonyl (C=O) groups excluding carboxylic acids is 1. The fourth-order valence-corrected chi connectivity index (χ4v) is 2.05. The van der Waals surface area contributed by atoms with Crippen LogP contribution in [0.3, 0.4) is 0 Å². The molecule has 5 heteroatoms. The molecule has 1 aromatic carbocycles. The summed E-state index contributed by atoms with van der Waals surface area (Å²) in [5.74, 6) is 0.752. The molecular formula is C16H24N2O2S. The number of nitrogens with one attached hydrogen (secondary N) is 1. The molecule has 0 saturated carbocycles. The lowest BCUT2D eigenvalue weighted by Crippen LogP contribution is -2.43. The van der Waals surface area contributed by atoms with Crippen LogP contribution in [0.5, 0.6) is 5.75 Å². The average Bonchev–Trinajstić information content (AvgIpc) is 2.37. The highest BCUT2D eigenvalue weighted by Crippen LogP contribution is 2.24. The molecule has 0 atom stereocenters. The van der Waals surface area contributed by atoms with Gasteiger partial charge in [-0.3, -0.25) is 4.79 Å². The van der Waals surface area contributed by atoms with Crippen LogP contribution in [0.1, 0.15) is 37.8 Å². The van der Waals surface area contributed by atoms with Crippen molar-refractivity contribution >= 4 is 23.2 Å². The summed E-state index contributed by atoms with van der Waals surface area (Å²) < 4.78 is 5.79. The van der Waals surface area contributed by atoms with Gasteiger partial charge in [0.15, 0.2) is 5.11 Å². The third-order valence-corrected chi connectivity index (χ3v) is 3.50. The standard InChI is InChI=1S/C16H24N2O2S/c1-11-6-7-12(2)13(10-11)20-9-5-8-16(3,4)14(19)18-15(17)21/h6-7,10H,5,8-9H2,1-4H3,(H3,17,18,19,21). The molecule has 1 aromatic rings. The van der Waals surface area contributed by atoms with E-state index in [1.165, 1.54) is 5.56 Å². The van der Waals surface area contributed by atoms with Gasteiger partial charge >= 0.3 is 0 Å². The van der Waals surface area contributed by atoms with E-state index >= 15 is 0 Å². The fourth-order valence-electron chi connectivity index (χ4n) is 1.95. The van der Waals surface area contributed by atoms with E-state index in [9.17, 15) is 4.79 Å². The number of thiocarbonyl (C=S) groups is 1. The normalized spacial score (nSPS) is 11.0. The summed E-state index contributed by atoms with van der Waals surface area (Å²) >= 11 is 4.69. The zero-order valence-corrected chi connectivity index (χ0v) is 14.0. The van der Waals surface area contributed by atoms with Gasteiger partial charge < -0.3 is 15.8 Å². The molecule has 0 aliphatic rings. The predicted molar refractivity (Wildman–Crippen MR) is 89.4 cm³/mol. The molecule has 0 radical (unpaired) electrons. The quantitative estimate of drug-likeness (QED) is 0.626. The Morgan fingerprint density at radius 3 is 2.67 bits per heavy atom. The SMILES string of the molecule is Cc1ccc(C)c(OCCCC(C)(C)C(=O)NC(N)=S)c1. The van der Waals surface area contributed by atoms with Crippen molar-refractivity contribution in [3.05, 3.63) is 29.3 Å². The molecule has 0 bridgehead atoms. The van der Waals surface area contributed by atoms with Crippen LogP contribution >= 0.6 is 12.2 Å². The average molecular weight is 308 g/mol. The van der Waals surface area contributed by atoms with Gasteiger partial charge in [0.05, 0.1) is 6.61 Å². The van der Waals surface area contributed by atoms with Gasteiger partial charge in [0.25, 0.3) is 0 Å². The number of amides is 1. The molecule has 3 N–H and O–H groups in total. The monoisotopic (exact) mass is 308 g/mol. The highest BCUT2D eigenvalue weighted by molar-refractivity contribution is 7.80. The first-order valence-corrected chi connectivity index (χ1v) is 7.44. The summed E-state index contributed by atoms with van der Waals surface area (Å²) in [6, 6.07) is 6.13. The van der Waals surface area contributed by atoms with Crippen LogP contribution in [-0.4, -0.2) is 17.6 Å². The van der Waals surface area contributed by atoms with Gasteiger partial charge in [-0.2, -0.15) is 0 Å². The maximum absolute atomic E-state index is 11.9. The van der Waals surface area contributed by atoms with E-state index in [2.05, 4.69) is 23.6 Å². The second kappa shape index (κ2) is 7.41. The van der Waals surface area contributed by atoms with Crippen molar-refractivity contribution in [2.75, 3.05) is 6.61 Å². The molecule has 1 amide bonds. The minimum Gasteiger partial charge on any atom is -0.493 e. The van der Waals surface area contributed by atoms with E-state index in [1.807, 2.05) is 39.8 Å². The molecule has 0 aliphatic heterocycles. The number of benzene rings is 1. The summed E-state index contributed by atoms with van der Waals surface area (Å²) in [5.41, 5.74) is 7.10. The molecule has 116 valence electrons. The van der Waals surface area contributed by atoms with E-state index in [1.54, 1.807) is 0 Å². The maximum atomic E-state index is 11.9. The predicted octanol–water partition coefficient (Wildman–Crippen LogP) is 2.85. The number of carbonyl (C=O) groups is 1. The molecule has 0 saturated heterocycles. The Labute approximate surface area is 132 Å². The van der Waals surface area contributed by atoms with Crippen LogP contribution in [-0.2, 0) is 4.79 Å².